The molecule has 2 rings (SSSR count). The topological polar surface area (TPSA) is 76.7 Å². The molecule has 0 aliphatic carbocycles. The van der Waals surface area contributed by atoms with E-state index in [0.29, 0.717) is 17.1 Å². The minimum Gasteiger partial charge on any atom is -0.495 e. The van der Waals surface area contributed by atoms with Crippen LogP contribution in [-0.2, 0) is 4.74 Å². The molecule has 2 aromatic carbocycles. The second-order valence-corrected chi connectivity index (χ2v) is 5.10. The first-order chi connectivity index (χ1) is 11.5. The maximum absolute atomic E-state index is 12.1. The first-order valence-electron chi connectivity index (χ1n) is 7.22. The number of carbonyl (C=O) groups is 2. The summed E-state index contributed by atoms with van der Waals surface area (Å²) in [6, 6.07) is 11.1. The van der Waals surface area contributed by atoms with Crippen molar-refractivity contribution in [3.05, 3.63) is 53.1 Å². The van der Waals surface area contributed by atoms with Gasteiger partial charge in [-0.2, -0.15) is 0 Å². The number of methoxy groups -OCH3 is 1. The number of rotatable bonds is 5. The lowest BCUT2D eigenvalue weighted by Crippen LogP contribution is -2.20. The highest BCUT2D eigenvalue weighted by Gasteiger charge is 2.13. The molecule has 0 saturated heterocycles. The van der Waals surface area contributed by atoms with E-state index in [1.807, 2.05) is 0 Å². The first-order valence-corrected chi connectivity index (χ1v) is 7.60. The molecule has 0 aromatic heterocycles. The van der Waals surface area contributed by atoms with Crippen LogP contribution in [0.3, 0.4) is 0 Å². The highest BCUT2D eigenvalue weighted by molar-refractivity contribution is 6.33. The highest BCUT2D eigenvalue weighted by atomic mass is 35.5. The maximum Gasteiger partial charge on any atom is 0.339 e. The van der Waals surface area contributed by atoms with Crippen molar-refractivity contribution in [2.45, 2.75) is 6.92 Å². The Balaban J connectivity index is 2.11. The Morgan fingerprint density at radius 3 is 2.58 bits per heavy atom. The van der Waals surface area contributed by atoms with E-state index in [0.717, 1.165) is 0 Å². The van der Waals surface area contributed by atoms with Crippen LogP contribution >= 0.6 is 11.6 Å². The summed E-state index contributed by atoms with van der Waals surface area (Å²) in [5, 5.41) is 5.56. The van der Waals surface area contributed by atoms with Crippen LogP contribution in [0.4, 0.5) is 16.2 Å². The minimum absolute atomic E-state index is 0.189. The Bertz CT molecular complexity index is 749. The normalized spacial score (nSPS) is 9.96. The van der Waals surface area contributed by atoms with E-state index in [1.54, 1.807) is 37.3 Å². The molecule has 126 valence electrons. The molecule has 0 atom stereocenters. The second-order valence-electron chi connectivity index (χ2n) is 4.69. The fourth-order valence-corrected chi connectivity index (χ4v) is 2.20. The van der Waals surface area contributed by atoms with Gasteiger partial charge in [-0.3, -0.25) is 0 Å². The Hall–Kier alpha value is -2.73. The van der Waals surface area contributed by atoms with Crippen LogP contribution in [0, 0.1) is 0 Å². The van der Waals surface area contributed by atoms with E-state index in [4.69, 9.17) is 21.1 Å². The van der Waals surface area contributed by atoms with Crippen LogP contribution in [-0.4, -0.2) is 25.7 Å². The van der Waals surface area contributed by atoms with Crippen molar-refractivity contribution >= 4 is 35.0 Å². The van der Waals surface area contributed by atoms with Gasteiger partial charge in [0.2, 0.25) is 0 Å². The van der Waals surface area contributed by atoms with E-state index >= 15 is 0 Å². The molecule has 0 heterocycles. The first kappa shape index (κ1) is 17.6. The minimum atomic E-state index is -0.545. The van der Waals surface area contributed by atoms with Gasteiger partial charge in [0.05, 0.1) is 30.0 Å². The third-order valence-corrected chi connectivity index (χ3v) is 3.40. The summed E-state index contributed by atoms with van der Waals surface area (Å²) < 4.78 is 10.1. The van der Waals surface area contributed by atoms with Crippen LogP contribution in [0.25, 0.3) is 0 Å². The molecule has 7 heteroatoms. The van der Waals surface area contributed by atoms with Crippen molar-refractivity contribution in [1.29, 1.82) is 0 Å². The molecular formula is C17H17ClN2O4. The summed E-state index contributed by atoms with van der Waals surface area (Å²) in [7, 11) is 1.52. The van der Waals surface area contributed by atoms with Crippen molar-refractivity contribution in [1.82, 2.24) is 0 Å². The average molecular weight is 349 g/mol. The van der Waals surface area contributed by atoms with E-state index in [-0.39, 0.29) is 17.2 Å². The van der Waals surface area contributed by atoms with Gasteiger partial charge >= 0.3 is 12.0 Å². The number of benzene rings is 2. The van der Waals surface area contributed by atoms with Gasteiger partial charge in [-0.05, 0) is 37.3 Å². The standard InChI is InChI=1S/C17H17ClN2O4/c1-3-24-16(21)12-10-11(8-9-13(12)18)19-17(22)20-14-6-4-5-7-15(14)23-2/h4-10H,3H2,1-2H3,(H2,19,20,22). The summed E-state index contributed by atoms with van der Waals surface area (Å²) in [4.78, 5) is 23.9. The predicted octanol–water partition coefficient (Wildman–Crippen LogP) is 4.17. The maximum atomic E-state index is 12.1. The van der Waals surface area contributed by atoms with E-state index in [2.05, 4.69) is 10.6 Å². The van der Waals surface area contributed by atoms with Gasteiger partial charge in [-0.1, -0.05) is 23.7 Å². The zero-order valence-electron chi connectivity index (χ0n) is 13.3. The number of esters is 1. The number of amides is 2. The van der Waals surface area contributed by atoms with Crippen molar-refractivity contribution in [3.63, 3.8) is 0 Å². The zero-order valence-corrected chi connectivity index (χ0v) is 14.0. The number of hydrogen-bond donors (Lipinski definition) is 2. The smallest absolute Gasteiger partial charge is 0.339 e. The zero-order chi connectivity index (χ0) is 17.5. The Kier molecular flexibility index (Phi) is 6.03. The summed E-state index contributed by atoms with van der Waals surface area (Å²) in [6.07, 6.45) is 0. The molecule has 0 aliphatic heterocycles. The van der Waals surface area contributed by atoms with E-state index in [1.165, 1.54) is 19.2 Å². The van der Waals surface area contributed by atoms with E-state index < -0.39 is 12.0 Å². The molecule has 0 saturated carbocycles. The highest BCUT2D eigenvalue weighted by Crippen LogP contribution is 2.24. The van der Waals surface area contributed by atoms with Gasteiger partial charge in [-0.15, -0.1) is 0 Å². The van der Waals surface area contributed by atoms with Crippen molar-refractivity contribution < 1.29 is 19.1 Å². The Labute approximate surface area is 144 Å². The Morgan fingerprint density at radius 1 is 1.12 bits per heavy atom. The molecule has 6 nitrogen and oxygen atoms in total. The van der Waals surface area contributed by atoms with Gasteiger partial charge in [0.1, 0.15) is 5.75 Å². The van der Waals surface area contributed by atoms with Crippen LogP contribution < -0.4 is 15.4 Å². The molecule has 0 radical (unpaired) electrons. The molecule has 0 bridgehead atoms. The number of halogens is 1. The number of carbonyl (C=O) groups excluding carboxylic acids is 2. The van der Waals surface area contributed by atoms with Crippen LogP contribution in [0.1, 0.15) is 17.3 Å². The molecule has 2 N–H and O–H groups in total. The monoisotopic (exact) mass is 348 g/mol. The number of ether oxygens (including phenoxy) is 2. The SMILES string of the molecule is CCOC(=O)c1cc(NC(=O)Nc2ccccc2OC)ccc1Cl. The molecule has 0 spiro atoms. The summed E-state index contributed by atoms with van der Waals surface area (Å²) in [6.45, 7) is 1.94. The lowest BCUT2D eigenvalue weighted by molar-refractivity contribution is 0.0526. The molecule has 0 aliphatic rings. The largest absolute Gasteiger partial charge is 0.495 e. The molecule has 2 aromatic rings. The summed E-state index contributed by atoms with van der Waals surface area (Å²) in [5.41, 5.74) is 1.13. The number of hydrogen-bond acceptors (Lipinski definition) is 4. The second kappa shape index (κ2) is 8.21. The van der Waals surface area contributed by atoms with Crippen LogP contribution in [0.2, 0.25) is 5.02 Å². The number of anilines is 2. The molecule has 0 unspecified atom stereocenters. The lowest BCUT2D eigenvalue weighted by atomic mass is 10.2. The van der Waals surface area contributed by atoms with Crippen molar-refractivity contribution in [2.24, 2.45) is 0 Å². The van der Waals surface area contributed by atoms with Crippen molar-refractivity contribution in [2.75, 3.05) is 24.4 Å². The van der Waals surface area contributed by atoms with Gasteiger partial charge < -0.3 is 20.1 Å². The average Bonchev–Trinajstić information content (AvgIpc) is 2.57. The van der Waals surface area contributed by atoms with Crippen LogP contribution in [0.5, 0.6) is 5.75 Å². The fourth-order valence-electron chi connectivity index (χ4n) is 2.00. The quantitative estimate of drug-likeness (QED) is 0.795. The molecule has 24 heavy (non-hydrogen) atoms. The molecule has 2 amide bonds. The number of urea groups is 1. The summed E-state index contributed by atoms with van der Waals surface area (Å²) in [5.74, 6) is -0.00717. The Morgan fingerprint density at radius 2 is 1.88 bits per heavy atom. The van der Waals surface area contributed by atoms with Gasteiger partial charge in [0.15, 0.2) is 0 Å². The molecule has 0 fully saturated rings. The molecular weight excluding hydrogens is 332 g/mol. The number of para-hydroxylation sites is 2. The van der Waals surface area contributed by atoms with Gasteiger partial charge in [-0.25, -0.2) is 9.59 Å². The van der Waals surface area contributed by atoms with Crippen LogP contribution in [0.15, 0.2) is 42.5 Å². The van der Waals surface area contributed by atoms with Gasteiger partial charge in [0, 0.05) is 5.69 Å². The van der Waals surface area contributed by atoms with Gasteiger partial charge in [0.25, 0.3) is 0 Å². The summed E-state index contributed by atoms with van der Waals surface area (Å²) >= 11 is 5.99. The lowest BCUT2D eigenvalue weighted by Gasteiger charge is -2.12. The van der Waals surface area contributed by atoms with Crippen molar-refractivity contribution in [3.8, 4) is 5.75 Å². The third-order valence-electron chi connectivity index (χ3n) is 3.07. The van der Waals surface area contributed by atoms with E-state index in [9.17, 15) is 9.59 Å². The number of nitrogens with one attached hydrogen (secondary N) is 2. The predicted molar refractivity (Wildman–Crippen MR) is 93.0 cm³/mol. The third kappa shape index (κ3) is 4.39. The fraction of sp³-hybridized carbons (Fsp3) is 0.176.